The Balaban J connectivity index is 2.11. The maximum Gasteiger partial charge on any atom is 0.128 e. The van der Waals surface area contributed by atoms with Crippen molar-refractivity contribution in [1.29, 1.82) is 0 Å². The van der Waals surface area contributed by atoms with Crippen LogP contribution < -0.4 is 11.3 Å². The smallest absolute Gasteiger partial charge is 0.128 e. The van der Waals surface area contributed by atoms with Gasteiger partial charge in [-0.15, -0.1) is 0 Å². The highest BCUT2D eigenvalue weighted by Gasteiger charge is 2.17. The summed E-state index contributed by atoms with van der Waals surface area (Å²) in [6.45, 7) is 1.93. The van der Waals surface area contributed by atoms with Crippen LogP contribution in [0, 0.1) is 12.7 Å². The van der Waals surface area contributed by atoms with Crippen molar-refractivity contribution in [3.05, 3.63) is 77.2 Å². The number of fused-ring (bicyclic) bond motifs is 1. The average molecular weight is 281 g/mol. The summed E-state index contributed by atoms with van der Waals surface area (Å²) in [7, 11) is 0. The van der Waals surface area contributed by atoms with E-state index in [1.165, 1.54) is 6.07 Å². The van der Waals surface area contributed by atoms with Gasteiger partial charge in [-0.1, -0.05) is 29.8 Å². The number of nitrogens with one attached hydrogen (secondary N) is 1. The maximum absolute atomic E-state index is 14.1. The Bertz CT molecular complexity index is 786. The van der Waals surface area contributed by atoms with Crippen LogP contribution in [0.3, 0.4) is 0 Å². The van der Waals surface area contributed by atoms with Crippen LogP contribution in [-0.4, -0.2) is 4.98 Å². The minimum atomic E-state index is -0.394. The molecular formula is C17H16FN3. The lowest BCUT2D eigenvalue weighted by Crippen LogP contribution is -2.29. The van der Waals surface area contributed by atoms with Gasteiger partial charge in [0, 0.05) is 17.1 Å². The third-order valence-corrected chi connectivity index (χ3v) is 3.59. The molecule has 1 aromatic heterocycles. The van der Waals surface area contributed by atoms with Gasteiger partial charge in [-0.05, 0) is 36.8 Å². The molecule has 2 aromatic carbocycles. The molecule has 3 aromatic rings. The van der Waals surface area contributed by atoms with E-state index < -0.39 is 6.04 Å². The van der Waals surface area contributed by atoms with E-state index in [1.807, 2.05) is 43.3 Å². The summed E-state index contributed by atoms with van der Waals surface area (Å²) in [4.78, 5) is 4.29. The Kier molecular flexibility index (Phi) is 3.64. The summed E-state index contributed by atoms with van der Waals surface area (Å²) in [5.74, 6) is 5.40. The van der Waals surface area contributed by atoms with Gasteiger partial charge in [0.25, 0.3) is 0 Å². The van der Waals surface area contributed by atoms with E-state index in [1.54, 1.807) is 12.3 Å². The number of aromatic nitrogens is 1. The predicted molar refractivity (Wildman–Crippen MR) is 82.0 cm³/mol. The SMILES string of the molecule is Cc1ccc(F)c(C(NN)c2ccc3ncccc3c2)c1. The zero-order chi connectivity index (χ0) is 14.8. The number of hydrogen-bond donors (Lipinski definition) is 2. The van der Waals surface area contributed by atoms with Crippen LogP contribution in [0.2, 0.25) is 0 Å². The minimum Gasteiger partial charge on any atom is -0.271 e. The molecule has 0 bridgehead atoms. The number of benzene rings is 2. The monoisotopic (exact) mass is 281 g/mol. The van der Waals surface area contributed by atoms with Crippen molar-refractivity contribution in [1.82, 2.24) is 10.4 Å². The number of hydrogen-bond acceptors (Lipinski definition) is 3. The number of nitrogens with zero attached hydrogens (tertiary/aromatic N) is 1. The number of hydrazine groups is 1. The number of aryl methyl sites for hydroxylation is 1. The van der Waals surface area contributed by atoms with Crippen molar-refractivity contribution in [3.8, 4) is 0 Å². The fourth-order valence-corrected chi connectivity index (χ4v) is 2.52. The summed E-state index contributed by atoms with van der Waals surface area (Å²) in [6.07, 6.45) is 1.75. The Morgan fingerprint density at radius 3 is 2.81 bits per heavy atom. The van der Waals surface area contributed by atoms with E-state index in [9.17, 15) is 4.39 Å². The largest absolute Gasteiger partial charge is 0.271 e. The van der Waals surface area contributed by atoms with Crippen LogP contribution in [0.4, 0.5) is 4.39 Å². The molecule has 0 saturated heterocycles. The van der Waals surface area contributed by atoms with Gasteiger partial charge < -0.3 is 0 Å². The molecule has 106 valence electrons. The first-order valence-corrected chi connectivity index (χ1v) is 6.76. The first-order valence-electron chi connectivity index (χ1n) is 6.76. The van der Waals surface area contributed by atoms with Gasteiger partial charge in [0.2, 0.25) is 0 Å². The molecule has 0 aliphatic rings. The molecule has 1 atom stereocenters. The van der Waals surface area contributed by atoms with Crippen molar-refractivity contribution < 1.29 is 4.39 Å². The van der Waals surface area contributed by atoms with Crippen molar-refractivity contribution in [2.75, 3.05) is 0 Å². The molecule has 1 unspecified atom stereocenters. The third kappa shape index (κ3) is 2.63. The van der Waals surface area contributed by atoms with Crippen molar-refractivity contribution >= 4 is 10.9 Å². The van der Waals surface area contributed by atoms with Gasteiger partial charge in [-0.25, -0.2) is 9.82 Å². The lowest BCUT2D eigenvalue weighted by Gasteiger charge is -2.18. The van der Waals surface area contributed by atoms with Gasteiger partial charge in [-0.3, -0.25) is 10.8 Å². The highest BCUT2D eigenvalue weighted by molar-refractivity contribution is 5.79. The fourth-order valence-electron chi connectivity index (χ4n) is 2.52. The molecule has 0 radical (unpaired) electrons. The van der Waals surface area contributed by atoms with E-state index >= 15 is 0 Å². The summed E-state index contributed by atoms with van der Waals surface area (Å²) >= 11 is 0. The fraction of sp³-hybridized carbons (Fsp3) is 0.118. The molecule has 0 spiro atoms. The highest BCUT2D eigenvalue weighted by atomic mass is 19.1. The van der Waals surface area contributed by atoms with E-state index in [4.69, 9.17) is 5.84 Å². The first-order chi connectivity index (χ1) is 10.2. The molecule has 0 aliphatic heterocycles. The molecule has 1 heterocycles. The standard InChI is InChI=1S/C17H16FN3/c1-11-4-6-15(18)14(9-11)17(21-19)13-5-7-16-12(10-13)3-2-8-20-16/h2-10,17,21H,19H2,1H3. The lowest BCUT2D eigenvalue weighted by molar-refractivity contribution is 0.560. The quantitative estimate of drug-likeness (QED) is 0.572. The van der Waals surface area contributed by atoms with Gasteiger partial charge >= 0.3 is 0 Å². The second-order valence-electron chi connectivity index (χ2n) is 5.08. The van der Waals surface area contributed by atoms with Gasteiger partial charge in [0.1, 0.15) is 5.82 Å². The van der Waals surface area contributed by atoms with E-state index in [-0.39, 0.29) is 5.82 Å². The second kappa shape index (κ2) is 5.60. The number of pyridine rings is 1. The molecule has 0 amide bonds. The van der Waals surface area contributed by atoms with Crippen molar-refractivity contribution in [3.63, 3.8) is 0 Å². The second-order valence-corrected chi connectivity index (χ2v) is 5.08. The van der Waals surface area contributed by atoms with E-state index in [0.29, 0.717) is 5.56 Å². The van der Waals surface area contributed by atoms with E-state index in [2.05, 4.69) is 10.4 Å². The number of rotatable bonds is 3. The van der Waals surface area contributed by atoms with Crippen molar-refractivity contribution in [2.24, 2.45) is 5.84 Å². The van der Waals surface area contributed by atoms with Gasteiger partial charge in [0.05, 0.1) is 11.6 Å². The van der Waals surface area contributed by atoms with E-state index in [0.717, 1.165) is 22.0 Å². The first kappa shape index (κ1) is 13.7. The summed E-state index contributed by atoms with van der Waals surface area (Å²) in [6, 6.07) is 14.3. The molecule has 0 aliphatic carbocycles. The van der Waals surface area contributed by atoms with Crippen molar-refractivity contribution in [2.45, 2.75) is 13.0 Å². The molecule has 3 N–H and O–H groups in total. The zero-order valence-electron chi connectivity index (χ0n) is 11.7. The topological polar surface area (TPSA) is 50.9 Å². The Labute approximate surface area is 122 Å². The maximum atomic E-state index is 14.1. The molecule has 3 rings (SSSR count). The molecule has 21 heavy (non-hydrogen) atoms. The Morgan fingerprint density at radius 1 is 1.14 bits per heavy atom. The molecule has 0 saturated carbocycles. The van der Waals surface area contributed by atoms with Gasteiger partial charge in [-0.2, -0.15) is 0 Å². The van der Waals surface area contributed by atoms with Crippen LogP contribution in [0.5, 0.6) is 0 Å². The normalized spacial score (nSPS) is 12.5. The number of halogens is 1. The predicted octanol–water partition coefficient (Wildman–Crippen LogP) is 3.24. The lowest BCUT2D eigenvalue weighted by atomic mass is 9.96. The summed E-state index contributed by atoms with van der Waals surface area (Å²) < 4.78 is 14.1. The molecule has 4 heteroatoms. The van der Waals surface area contributed by atoms with Crippen LogP contribution in [0.25, 0.3) is 10.9 Å². The molecular weight excluding hydrogens is 265 g/mol. The number of nitrogens with two attached hydrogens (primary N) is 1. The third-order valence-electron chi connectivity index (χ3n) is 3.59. The van der Waals surface area contributed by atoms with Gasteiger partial charge in [0.15, 0.2) is 0 Å². The summed E-state index contributed by atoms with van der Waals surface area (Å²) in [5, 5.41) is 1.00. The molecule has 0 fully saturated rings. The zero-order valence-corrected chi connectivity index (χ0v) is 11.7. The van der Waals surface area contributed by atoms with Crippen LogP contribution in [0.1, 0.15) is 22.7 Å². The summed E-state index contributed by atoms with van der Waals surface area (Å²) in [5.41, 5.74) is 6.05. The van der Waals surface area contributed by atoms with Crippen LogP contribution >= 0.6 is 0 Å². The Hall–Kier alpha value is -2.30. The average Bonchev–Trinajstić information content (AvgIpc) is 2.51. The molecule has 3 nitrogen and oxygen atoms in total. The Morgan fingerprint density at radius 2 is 2.00 bits per heavy atom. The highest BCUT2D eigenvalue weighted by Crippen LogP contribution is 2.26. The van der Waals surface area contributed by atoms with Crippen LogP contribution in [-0.2, 0) is 0 Å². The minimum absolute atomic E-state index is 0.269. The van der Waals surface area contributed by atoms with Crippen LogP contribution in [0.15, 0.2) is 54.7 Å².